The second-order valence-electron chi connectivity index (χ2n) is 5.85. The maximum absolute atomic E-state index is 11.7. The molecule has 1 aliphatic heterocycles. The third-order valence-electron chi connectivity index (χ3n) is 3.84. The molecule has 0 aromatic heterocycles. The van der Waals surface area contributed by atoms with E-state index in [4.69, 9.17) is 0 Å². The van der Waals surface area contributed by atoms with Gasteiger partial charge in [0.2, 0.25) is 5.91 Å². The highest BCUT2D eigenvalue weighted by Gasteiger charge is 2.31. The van der Waals surface area contributed by atoms with Crippen molar-refractivity contribution in [1.82, 2.24) is 15.5 Å². The Hall–Kier alpha value is -1.59. The van der Waals surface area contributed by atoms with Crippen LogP contribution in [0.3, 0.4) is 0 Å². The van der Waals surface area contributed by atoms with Gasteiger partial charge in [0.15, 0.2) is 0 Å². The lowest BCUT2D eigenvalue weighted by molar-refractivity contribution is -0.118. The standard InChI is InChI=1S/C16H29N3O3/c1-2-3-4-5-6-7-8-9-10-11-12-17-15(21)19-13-14(20)18-16(19)22/h2-13H2,1H3,(H,17,21)(H,18,20,22). The molecule has 0 aromatic rings. The van der Waals surface area contributed by atoms with E-state index in [1.54, 1.807) is 0 Å². The molecule has 0 saturated carbocycles. The topological polar surface area (TPSA) is 78.5 Å². The van der Waals surface area contributed by atoms with Gasteiger partial charge in [-0.1, -0.05) is 64.7 Å². The van der Waals surface area contributed by atoms with E-state index in [1.807, 2.05) is 0 Å². The number of unbranched alkanes of at least 4 members (excludes halogenated alkanes) is 9. The molecule has 6 nitrogen and oxygen atoms in total. The Morgan fingerprint density at radius 1 is 1.00 bits per heavy atom. The second kappa shape index (κ2) is 11.0. The Labute approximate surface area is 133 Å². The summed E-state index contributed by atoms with van der Waals surface area (Å²) in [6.45, 7) is 2.60. The van der Waals surface area contributed by atoms with E-state index in [0.717, 1.165) is 17.7 Å². The van der Waals surface area contributed by atoms with Crippen molar-refractivity contribution in [3.8, 4) is 0 Å². The first-order valence-corrected chi connectivity index (χ1v) is 8.54. The molecule has 0 aliphatic carbocycles. The third kappa shape index (κ3) is 7.43. The van der Waals surface area contributed by atoms with Crippen LogP contribution >= 0.6 is 0 Å². The largest absolute Gasteiger partial charge is 0.338 e. The normalized spacial score (nSPS) is 14.3. The maximum Gasteiger partial charge on any atom is 0.332 e. The first kappa shape index (κ1) is 18.5. The highest BCUT2D eigenvalue weighted by molar-refractivity contribution is 6.09. The number of nitrogens with one attached hydrogen (secondary N) is 2. The van der Waals surface area contributed by atoms with Crippen LogP contribution in [0.5, 0.6) is 0 Å². The Morgan fingerprint density at radius 3 is 2.05 bits per heavy atom. The number of nitrogens with zero attached hydrogens (tertiary/aromatic N) is 1. The van der Waals surface area contributed by atoms with Gasteiger partial charge in [0.05, 0.1) is 0 Å². The number of amides is 5. The highest BCUT2D eigenvalue weighted by Crippen LogP contribution is 2.10. The summed E-state index contributed by atoms with van der Waals surface area (Å²) in [5.74, 6) is -0.431. The molecule has 1 aliphatic rings. The molecular weight excluding hydrogens is 282 g/mol. The van der Waals surface area contributed by atoms with Gasteiger partial charge in [0.1, 0.15) is 6.54 Å². The minimum atomic E-state index is -0.634. The van der Waals surface area contributed by atoms with Crippen LogP contribution in [-0.2, 0) is 4.79 Å². The fourth-order valence-electron chi connectivity index (χ4n) is 2.51. The number of rotatable bonds is 11. The summed E-state index contributed by atoms with van der Waals surface area (Å²) in [4.78, 5) is 34.8. The molecule has 1 saturated heterocycles. The first-order chi connectivity index (χ1) is 10.6. The molecule has 1 rings (SSSR count). The van der Waals surface area contributed by atoms with E-state index >= 15 is 0 Å². The summed E-state index contributed by atoms with van der Waals surface area (Å²) in [7, 11) is 0. The van der Waals surface area contributed by atoms with Crippen molar-refractivity contribution >= 4 is 18.0 Å². The number of carbonyl (C=O) groups is 3. The Kier molecular flexibility index (Phi) is 9.26. The van der Waals surface area contributed by atoms with E-state index < -0.39 is 18.0 Å². The molecule has 0 unspecified atom stereocenters. The minimum Gasteiger partial charge on any atom is -0.338 e. The Balaban J connectivity index is 1.90. The van der Waals surface area contributed by atoms with Crippen LogP contribution < -0.4 is 10.6 Å². The van der Waals surface area contributed by atoms with Gasteiger partial charge in [-0.3, -0.25) is 10.1 Å². The average Bonchev–Trinajstić information content (AvgIpc) is 2.83. The predicted octanol–water partition coefficient (Wildman–Crippen LogP) is 3.17. The molecule has 1 fully saturated rings. The second-order valence-corrected chi connectivity index (χ2v) is 5.85. The van der Waals surface area contributed by atoms with Gasteiger partial charge in [0, 0.05) is 6.54 Å². The molecule has 6 heteroatoms. The van der Waals surface area contributed by atoms with E-state index in [1.165, 1.54) is 51.4 Å². The van der Waals surface area contributed by atoms with Crippen LogP contribution in [0.1, 0.15) is 71.1 Å². The monoisotopic (exact) mass is 311 g/mol. The van der Waals surface area contributed by atoms with Gasteiger partial charge in [-0.2, -0.15) is 0 Å². The lowest BCUT2D eigenvalue weighted by atomic mass is 10.1. The molecule has 0 bridgehead atoms. The first-order valence-electron chi connectivity index (χ1n) is 8.54. The van der Waals surface area contributed by atoms with E-state index in [0.29, 0.717) is 6.54 Å². The third-order valence-corrected chi connectivity index (χ3v) is 3.84. The lowest BCUT2D eigenvalue weighted by Gasteiger charge is -2.12. The quantitative estimate of drug-likeness (QED) is 0.454. The number of hydrogen-bond acceptors (Lipinski definition) is 3. The Bertz CT molecular complexity index is 372. The van der Waals surface area contributed by atoms with Gasteiger partial charge < -0.3 is 5.32 Å². The van der Waals surface area contributed by atoms with E-state index in [2.05, 4.69) is 17.6 Å². The number of imide groups is 2. The SMILES string of the molecule is CCCCCCCCCCCCNC(=O)N1CC(=O)NC1=O. The van der Waals surface area contributed by atoms with Gasteiger partial charge in [-0.15, -0.1) is 0 Å². The summed E-state index contributed by atoms with van der Waals surface area (Å²) >= 11 is 0. The zero-order valence-electron chi connectivity index (χ0n) is 13.7. The van der Waals surface area contributed by atoms with Gasteiger partial charge in [0.25, 0.3) is 0 Å². The molecule has 5 amide bonds. The van der Waals surface area contributed by atoms with Gasteiger partial charge >= 0.3 is 12.1 Å². The van der Waals surface area contributed by atoms with Crippen molar-refractivity contribution < 1.29 is 14.4 Å². The fourth-order valence-corrected chi connectivity index (χ4v) is 2.51. The zero-order valence-corrected chi connectivity index (χ0v) is 13.7. The van der Waals surface area contributed by atoms with Crippen LogP contribution in [0.15, 0.2) is 0 Å². The number of carbonyl (C=O) groups excluding carboxylic acids is 3. The lowest BCUT2D eigenvalue weighted by Crippen LogP contribution is -2.42. The van der Waals surface area contributed by atoms with Crippen LogP contribution in [0.2, 0.25) is 0 Å². The number of hydrogen-bond donors (Lipinski definition) is 2. The van der Waals surface area contributed by atoms with Crippen LogP contribution in [0.25, 0.3) is 0 Å². The molecule has 0 radical (unpaired) electrons. The van der Waals surface area contributed by atoms with Crippen LogP contribution in [0.4, 0.5) is 9.59 Å². The van der Waals surface area contributed by atoms with Gasteiger partial charge in [-0.05, 0) is 6.42 Å². The van der Waals surface area contributed by atoms with Crippen LogP contribution in [0, 0.1) is 0 Å². The summed E-state index contributed by atoms with van der Waals surface area (Å²) in [5, 5.41) is 4.75. The Morgan fingerprint density at radius 2 is 1.55 bits per heavy atom. The van der Waals surface area contributed by atoms with E-state index in [-0.39, 0.29) is 6.54 Å². The van der Waals surface area contributed by atoms with Gasteiger partial charge in [-0.25, -0.2) is 14.5 Å². The molecule has 0 aromatic carbocycles. The molecule has 22 heavy (non-hydrogen) atoms. The smallest absolute Gasteiger partial charge is 0.332 e. The summed E-state index contributed by atoms with van der Waals surface area (Å²) < 4.78 is 0. The average molecular weight is 311 g/mol. The molecule has 2 N–H and O–H groups in total. The summed E-state index contributed by atoms with van der Waals surface area (Å²) in [6, 6.07) is -1.12. The van der Waals surface area contributed by atoms with Crippen LogP contribution in [-0.4, -0.2) is 36.0 Å². The summed E-state index contributed by atoms with van der Waals surface area (Å²) in [6.07, 6.45) is 12.4. The molecule has 1 heterocycles. The van der Waals surface area contributed by atoms with Crippen molar-refractivity contribution in [2.45, 2.75) is 71.1 Å². The zero-order chi connectivity index (χ0) is 16.2. The van der Waals surface area contributed by atoms with Crippen molar-refractivity contribution in [3.63, 3.8) is 0 Å². The molecule has 0 spiro atoms. The van der Waals surface area contributed by atoms with Crippen molar-refractivity contribution in [2.75, 3.05) is 13.1 Å². The minimum absolute atomic E-state index is 0.178. The van der Waals surface area contributed by atoms with Crippen molar-refractivity contribution in [1.29, 1.82) is 0 Å². The molecule has 126 valence electrons. The molecular formula is C16H29N3O3. The maximum atomic E-state index is 11.7. The predicted molar refractivity (Wildman–Crippen MR) is 85.5 cm³/mol. The van der Waals surface area contributed by atoms with Crippen molar-refractivity contribution in [2.24, 2.45) is 0 Å². The summed E-state index contributed by atoms with van der Waals surface area (Å²) in [5.41, 5.74) is 0. The molecule has 0 atom stereocenters. The van der Waals surface area contributed by atoms with E-state index in [9.17, 15) is 14.4 Å². The number of urea groups is 2. The fraction of sp³-hybridized carbons (Fsp3) is 0.812. The van der Waals surface area contributed by atoms with Crippen molar-refractivity contribution in [3.05, 3.63) is 0 Å². The highest BCUT2D eigenvalue weighted by atomic mass is 16.2.